The molecule has 0 bridgehead atoms. The predicted molar refractivity (Wildman–Crippen MR) is 97.2 cm³/mol. The highest BCUT2D eigenvalue weighted by Gasteiger charge is 2.10. The number of halogens is 1. The average molecular weight is 366 g/mol. The maximum atomic E-state index is 12.2. The van der Waals surface area contributed by atoms with E-state index in [4.69, 9.17) is 11.6 Å². The molecule has 0 aliphatic carbocycles. The van der Waals surface area contributed by atoms with E-state index in [-0.39, 0.29) is 11.6 Å². The molecular weight excluding hydrogens is 350 g/mol. The zero-order valence-electron chi connectivity index (χ0n) is 12.9. The van der Waals surface area contributed by atoms with Crippen LogP contribution in [0.1, 0.15) is 10.4 Å². The van der Waals surface area contributed by atoms with Gasteiger partial charge in [-0.05, 0) is 36.6 Å². The van der Waals surface area contributed by atoms with Crippen LogP contribution in [0.3, 0.4) is 0 Å². The highest BCUT2D eigenvalue weighted by Crippen LogP contribution is 2.22. The van der Waals surface area contributed by atoms with Crippen molar-refractivity contribution in [2.75, 3.05) is 24.7 Å². The first-order valence-electron chi connectivity index (χ1n) is 7.11. The molecule has 8 heteroatoms. The lowest BCUT2D eigenvalue weighted by molar-refractivity contribution is -0.384. The van der Waals surface area contributed by atoms with Crippen LogP contribution in [0.15, 0.2) is 47.4 Å². The van der Waals surface area contributed by atoms with Crippen molar-refractivity contribution < 1.29 is 9.72 Å². The number of nitro groups is 1. The topological polar surface area (TPSA) is 84.3 Å². The van der Waals surface area contributed by atoms with Gasteiger partial charge in [-0.15, -0.1) is 11.8 Å². The molecular formula is C16H16ClN3O3S. The second kappa shape index (κ2) is 8.56. The van der Waals surface area contributed by atoms with Gasteiger partial charge in [-0.25, -0.2) is 0 Å². The highest BCUT2D eigenvalue weighted by molar-refractivity contribution is 7.98. The van der Waals surface area contributed by atoms with Gasteiger partial charge in [-0.3, -0.25) is 14.9 Å². The molecule has 2 rings (SSSR count). The number of amides is 1. The van der Waals surface area contributed by atoms with Gasteiger partial charge in [0.25, 0.3) is 11.6 Å². The average Bonchev–Trinajstić information content (AvgIpc) is 2.59. The van der Waals surface area contributed by atoms with Crippen molar-refractivity contribution in [3.8, 4) is 0 Å². The molecule has 24 heavy (non-hydrogen) atoms. The normalized spacial score (nSPS) is 10.2. The molecule has 126 valence electrons. The molecule has 0 radical (unpaired) electrons. The summed E-state index contributed by atoms with van der Waals surface area (Å²) in [4.78, 5) is 23.3. The molecule has 0 saturated heterocycles. The quantitative estimate of drug-likeness (QED) is 0.337. The number of hydrogen-bond donors (Lipinski definition) is 2. The summed E-state index contributed by atoms with van der Waals surface area (Å²) in [6, 6.07) is 11.4. The van der Waals surface area contributed by atoms with Gasteiger partial charge < -0.3 is 10.6 Å². The van der Waals surface area contributed by atoms with Crippen LogP contribution >= 0.6 is 23.4 Å². The molecule has 0 aliphatic rings. The number of nitrogens with one attached hydrogen (secondary N) is 2. The van der Waals surface area contributed by atoms with E-state index >= 15 is 0 Å². The zero-order chi connectivity index (χ0) is 17.5. The molecule has 0 aromatic heterocycles. The Hall–Kier alpha value is -2.25. The predicted octanol–water partition coefficient (Wildman–Crippen LogP) is 3.81. The van der Waals surface area contributed by atoms with Crippen molar-refractivity contribution in [3.63, 3.8) is 0 Å². The van der Waals surface area contributed by atoms with Crippen LogP contribution in [0.5, 0.6) is 0 Å². The van der Waals surface area contributed by atoms with Crippen molar-refractivity contribution in [1.29, 1.82) is 0 Å². The zero-order valence-corrected chi connectivity index (χ0v) is 14.5. The molecule has 0 unspecified atom stereocenters. The van der Waals surface area contributed by atoms with E-state index in [9.17, 15) is 14.9 Å². The second-order valence-corrected chi connectivity index (χ2v) is 6.12. The number of benzene rings is 2. The van der Waals surface area contributed by atoms with E-state index in [1.54, 1.807) is 24.3 Å². The van der Waals surface area contributed by atoms with Crippen LogP contribution < -0.4 is 10.6 Å². The smallest absolute Gasteiger partial charge is 0.269 e. The first kappa shape index (κ1) is 18.1. The summed E-state index contributed by atoms with van der Waals surface area (Å²) in [5, 5.41) is 16.9. The van der Waals surface area contributed by atoms with Gasteiger partial charge >= 0.3 is 0 Å². The first-order chi connectivity index (χ1) is 11.5. The number of nitrogens with zero attached hydrogens (tertiary/aromatic N) is 1. The van der Waals surface area contributed by atoms with Crippen molar-refractivity contribution >= 4 is 40.6 Å². The second-order valence-electron chi connectivity index (χ2n) is 4.83. The number of thioether (sulfide) groups is 1. The van der Waals surface area contributed by atoms with E-state index in [0.717, 1.165) is 10.6 Å². The van der Waals surface area contributed by atoms with Crippen molar-refractivity contribution in [1.82, 2.24) is 5.32 Å². The number of hydrogen-bond acceptors (Lipinski definition) is 5. The minimum absolute atomic E-state index is 0.0390. The van der Waals surface area contributed by atoms with Gasteiger partial charge in [-0.2, -0.15) is 0 Å². The Morgan fingerprint density at radius 3 is 2.54 bits per heavy atom. The third-order valence-corrected chi connectivity index (χ3v) is 4.29. The number of anilines is 1. The number of nitro benzene ring substituents is 1. The third kappa shape index (κ3) is 4.87. The Kier molecular flexibility index (Phi) is 6.45. The third-order valence-electron chi connectivity index (χ3n) is 3.24. The minimum atomic E-state index is -0.448. The van der Waals surface area contributed by atoms with E-state index in [1.807, 2.05) is 12.3 Å². The summed E-state index contributed by atoms with van der Waals surface area (Å²) in [7, 11) is 0. The number of non-ortho nitro benzene ring substituents is 1. The maximum Gasteiger partial charge on any atom is 0.269 e. The van der Waals surface area contributed by atoms with Gasteiger partial charge in [0.05, 0.1) is 15.5 Å². The molecule has 6 nitrogen and oxygen atoms in total. The van der Waals surface area contributed by atoms with E-state index in [0.29, 0.717) is 23.7 Å². The van der Waals surface area contributed by atoms with Gasteiger partial charge in [0.15, 0.2) is 0 Å². The van der Waals surface area contributed by atoms with Crippen molar-refractivity contribution in [2.45, 2.75) is 4.90 Å². The summed E-state index contributed by atoms with van der Waals surface area (Å²) in [6.07, 6.45) is 1.93. The molecule has 0 heterocycles. The van der Waals surface area contributed by atoms with Crippen molar-refractivity contribution in [2.24, 2.45) is 0 Å². The fraction of sp³-hybridized carbons (Fsp3) is 0.188. The minimum Gasteiger partial charge on any atom is -0.383 e. The molecule has 0 atom stereocenters. The van der Waals surface area contributed by atoms with Crippen LogP contribution in [0.2, 0.25) is 5.02 Å². The summed E-state index contributed by atoms with van der Waals surface area (Å²) in [6.45, 7) is 0.888. The largest absolute Gasteiger partial charge is 0.383 e. The Morgan fingerprint density at radius 2 is 1.92 bits per heavy atom. The molecule has 0 saturated carbocycles. The lowest BCUT2D eigenvalue weighted by Crippen LogP contribution is -2.29. The van der Waals surface area contributed by atoms with E-state index < -0.39 is 4.92 Å². The van der Waals surface area contributed by atoms with Crippen LogP contribution in [0.25, 0.3) is 0 Å². The van der Waals surface area contributed by atoms with Gasteiger partial charge in [-0.1, -0.05) is 11.6 Å². The molecule has 2 N–H and O–H groups in total. The number of rotatable bonds is 7. The van der Waals surface area contributed by atoms with E-state index in [2.05, 4.69) is 10.6 Å². The highest BCUT2D eigenvalue weighted by atomic mass is 35.5. The fourth-order valence-corrected chi connectivity index (χ4v) is 2.63. The Bertz CT molecular complexity index is 738. The van der Waals surface area contributed by atoms with Gasteiger partial charge in [0, 0.05) is 35.8 Å². The first-order valence-corrected chi connectivity index (χ1v) is 8.71. The van der Waals surface area contributed by atoms with E-state index in [1.165, 1.54) is 23.9 Å². The van der Waals surface area contributed by atoms with Crippen LogP contribution in [-0.4, -0.2) is 30.2 Å². The Morgan fingerprint density at radius 1 is 1.21 bits per heavy atom. The summed E-state index contributed by atoms with van der Waals surface area (Å²) in [5.41, 5.74) is 1.23. The standard InChI is InChI=1S/C16H16ClN3O3S/c1-24-13-6-7-15(17)14(10-13)16(21)19-9-8-18-11-2-4-12(5-3-11)20(22)23/h2-7,10,18H,8-9H2,1H3,(H,19,21). The summed E-state index contributed by atoms with van der Waals surface area (Å²) >= 11 is 7.60. The Labute approximate surface area is 148 Å². The molecule has 2 aromatic rings. The maximum absolute atomic E-state index is 12.2. The summed E-state index contributed by atoms with van der Waals surface area (Å²) in [5.74, 6) is -0.235. The Balaban J connectivity index is 1.83. The van der Waals surface area contributed by atoms with Crippen LogP contribution in [0.4, 0.5) is 11.4 Å². The lowest BCUT2D eigenvalue weighted by Gasteiger charge is -2.09. The lowest BCUT2D eigenvalue weighted by atomic mass is 10.2. The SMILES string of the molecule is CSc1ccc(Cl)c(C(=O)NCCNc2ccc([N+](=O)[O-])cc2)c1. The summed E-state index contributed by atoms with van der Waals surface area (Å²) < 4.78 is 0. The molecule has 1 amide bonds. The van der Waals surface area contributed by atoms with Crippen molar-refractivity contribution in [3.05, 3.63) is 63.2 Å². The molecule has 0 spiro atoms. The molecule has 0 aliphatic heterocycles. The fourth-order valence-electron chi connectivity index (χ4n) is 1.98. The molecule has 0 fully saturated rings. The van der Waals surface area contributed by atoms with Crippen LogP contribution in [0, 0.1) is 10.1 Å². The molecule has 2 aromatic carbocycles. The monoisotopic (exact) mass is 365 g/mol. The van der Waals surface area contributed by atoms with Crippen LogP contribution in [-0.2, 0) is 0 Å². The number of carbonyl (C=O) groups excluding carboxylic acids is 1. The number of carbonyl (C=O) groups is 1. The van der Waals surface area contributed by atoms with Gasteiger partial charge in [0.2, 0.25) is 0 Å². The van der Waals surface area contributed by atoms with Gasteiger partial charge in [0.1, 0.15) is 0 Å².